The molecule has 1 unspecified atom stereocenters. The number of hydrogen-bond acceptors (Lipinski definition) is 4. The SMILES string of the molecule is CCCCCCCCCCCCC(CC(=O)NO)C(=O)N[C@H](C(=O)NC(c1ccccc1)c1ccccc1)C(C)(C)C. The molecule has 0 bridgehead atoms. The van der Waals surface area contributed by atoms with Crippen LogP contribution < -0.4 is 16.1 Å². The fourth-order valence-corrected chi connectivity index (χ4v) is 5.28. The van der Waals surface area contributed by atoms with Gasteiger partial charge in [-0.2, -0.15) is 0 Å². The van der Waals surface area contributed by atoms with Crippen LogP contribution >= 0.6 is 0 Å². The van der Waals surface area contributed by atoms with Crippen LogP contribution in [0.1, 0.15) is 122 Å². The number of carbonyl (C=O) groups excluding carboxylic acids is 3. The standard InChI is InChI=1S/C35H53N3O4/c1-5-6-7-8-9-10-11-12-13-16-25-29(26-30(39)38-42)33(40)37-32(35(2,3)4)34(41)36-31(27-21-17-14-18-22-27)28-23-19-15-20-24-28/h14-15,17-24,29,31-32,42H,5-13,16,25-26H2,1-4H3,(H,36,41)(H,37,40)(H,38,39)/t29?,32-/m1/s1. The Morgan fingerprint density at radius 3 is 1.62 bits per heavy atom. The first-order valence-corrected chi connectivity index (χ1v) is 15.8. The zero-order chi connectivity index (χ0) is 30.8. The number of hydrogen-bond donors (Lipinski definition) is 4. The molecule has 0 aliphatic carbocycles. The topological polar surface area (TPSA) is 108 Å². The molecule has 0 spiro atoms. The highest BCUT2D eigenvalue weighted by molar-refractivity contribution is 5.91. The lowest BCUT2D eigenvalue weighted by molar-refractivity contribution is -0.137. The van der Waals surface area contributed by atoms with Crippen molar-refractivity contribution in [2.45, 2.75) is 117 Å². The molecule has 0 aromatic heterocycles. The third kappa shape index (κ3) is 12.8. The van der Waals surface area contributed by atoms with Crippen molar-refractivity contribution in [2.24, 2.45) is 11.3 Å². The first kappa shape index (κ1) is 35.0. The molecular formula is C35H53N3O4. The minimum Gasteiger partial charge on any atom is -0.344 e. The highest BCUT2D eigenvalue weighted by Crippen LogP contribution is 2.26. The van der Waals surface area contributed by atoms with Crippen LogP contribution in [0, 0.1) is 11.3 Å². The summed E-state index contributed by atoms with van der Waals surface area (Å²) in [6, 6.07) is 18.3. The lowest BCUT2D eigenvalue weighted by Gasteiger charge is -2.33. The number of rotatable bonds is 19. The van der Waals surface area contributed by atoms with Crippen molar-refractivity contribution in [1.82, 2.24) is 16.1 Å². The van der Waals surface area contributed by atoms with Crippen molar-refractivity contribution < 1.29 is 19.6 Å². The zero-order valence-electron chi connectivity index (χ0n) is 26.2. The van der Waals surface area contributed by atoms with Crippen molar-refractivity contribution in [3.8, 4) is 0 Å². The van der Waals surface area contributed by atoms with Crippen LogP contribution in [-0.4, -0.2) is 29.0 Å². The Morgan fingerprint density at radius 2 is 1.17 bits per heavy atom. The fraction of sp³-hybridized carbons (Fsp3) is 0.571. The minimum atomic E-state index is -0.827. The van der Waals surface area contributed by atoms with E-state index in [0.29, 0.717) is 6.42 Å². The van der Waals surface area contributed by atoms with Gasteiger partial charge in [0.2, 0.25) is 17.7 Å². The van der Waals surface area contributed by atoms with Crippen LogP contribution in [0.4, 0.5) is 0 Å². The van der Waals surface area contributed by atoms with Crippen LogP contribution in [-0.2, 0) is 14.4 Å². The maximum absolute atomic E-state index is 13.8. The molecule has 232 valence electrons. The van der Waals surface area contributed by atoms with Gasteiger partial charge in [-0.1, -0.05) is 153 Å². The van der Waals surface area contributed by atoms with Gasteiger partial charge >= 0.3 is 0 Å². The van der Waals surface area contributed by atoms with Crippen LogP contribution in [0.15, 0.2) is 60.7 Å². The highest BCUT2D eigenvalue weighted by atomic mass is 16.5. The molecule has 3 amide bonds. The summed E-state index contributed by atoms with van der Waals surface area (Å²) >= 11 is 0. The summed E-state index contributed by atoms with van der Waals surface area (Å²) in [6.45, 7) is 7.96. The predicted octanol–water partition coefficient (Wildman–Crippen LogP) is 7.25. The third-order valence-electron chi connectivity index (χ3n) is 7.80. The smallest absolute Gasteiger partial charge is 0.244 e. The number of benzene rings is 2. The van der Waals surface area contributed by atoms with Gasteiger partial charge in [0.15, 0.2) is 0 Å². The Labute approximate surface area is 253 Å². The van der Waals surface area contributed by atoms with E-state index < -0.39 is 23.3 Å². The first-order chi connectivity index (χ1) is 20.2. The van der Waals surface area contributed by atoms with E-state index in [9.17, 15) is 14.4 Å². The second kappa shape index (κ2) is 19.1. The van der Waals surface area contributed by atoms with Crippen molar-refractivity contribution in [1.29, 1.82) is 0 Å². The number of nitrogens with one attached hydrogen (secondary N) is 3. The summed E-state index contributed by atoms with van der Waals surface area (Å²) in [5.41, 5.74) is 2.95. The van der Waals surface area contributed by atoms with Gasteiger partial charge in [0, 0.05) is 12.3 Å². The summed E-state index contributed by atoms with van der Waals surface area (Å²) in [6.07, 6.45) is 12.1. The molecule has 2 aromatic rings. The van der Waals surface area contributed by atoms with Gasteiger partial charge in [0.1, 0.15) is 6.04 Å². The Hall–Kier alpha value is -3.19. The van der Waals surface area contributed by atoms with Gasteiger partial charge in [-0.25, -0.2) is 5.48 Å². The van der Waals surface area contributed by atoms with Gasteiger partial charge < -0.3 is 10.6 Å². The molecule has 0 aliphatic heterocycles. The lowest BCUT2D eigenvalue weighted by Crippen LogP contribution is -2.55. The van der Waals surface area contributed by atoms with Gasteiger partial charge in [-0.15, -0.1) is 0 Å². The Morgan fingerprint density at radius 1 is 0.690 bits per heavy atom. The van der Waals surface area contributed by atoms with Crippen molar-refractivity contribution in [3.05, 3.63) is 71.8 Å². The molecular weight excluding hydrogens is 526 g/mol. The molecule has 0 heterocycles. The quantitative estimate of drug-likeness (QED) is 0.0799. The molecule has 0 saturated carbocycles. The van der Waals surface area contributed by atoms with Gasteiger partial charge in [-0.3, -0.25) is 19.6 Å². The molecule has 0 aliphatic rings. The molecule has 42 heavy (non-hydrogen) atoms. The van der Waals surface area contributed by atoms with Crippen LogP contribution in [0.25, 0.3) is 0 Å². The highest BCUT2D eigenvalue weighted by Gasteiger charge is 2.36. The fourth-order valence-electron chi connectivity index (χ4n) is 5.28. The van der Waals surface area contributed by atoms with Gasteiger partial charge in [0.05, 0.1) is 6.04 Å². The average Bonchev–Trinajstić information content (AvgIpc) is 2.98. The number of hydroxylamine groups is 1. The third-order valence-corrected chi connectivity index (χ3v) is 7.80. The molecule has 0 radical (unpaired) electrons. The number of carbonyl (C=O) groups is 3. The predicted molar refractivity (Wildman–Crippen MR) is 169 cm³/mol. The van der Waals surface area contributed by atoms with Gasteiger partial charge in [0.25, 0.3) is 0 Å². The van der Waals surface area contributed by atoms with Gasteiger partial charge in [-0.05, 0) is 23.0 Å². The summed E-state index contributed by atoms with van der Waals surface area (Å²) in [5, 5.41) is 15.3. The van der Waals surface area contributed by atoms with Crippen molar-refractivity contribution in [3.63, 3.8) is 0 Å². The number of unbranched alkanes of at least 4 members (excludes halogenated alkanes) is 9. The molecule has 7 heteroatoms. The molecule has 2 rings (SSSR count). The summed E-state index contributed by atoms with van der Waals surface area (Å²) in [4.78, 5) is 39.4. The lowest BCUT2D eigenvalue weighted by atomic mass is 9.84. The molecule has 0 fully saturated rings. The van der Waals surface area contributed by atoms with E-state index in [0.717, 1.165) is 30.4 Å². The normalized spacial score (nSPS) is 12.9. The molecule has 4 N–H and O–H groups in total. The van der Waals surface area contributed by atoms with E-state index in [4.69, 9.17) is 5.21 Å². The van der Waals surface area contributed by atoms with Crippen LogP contribution in [0.3, 0.4) is 0 Å². The molecule has 2 atom stereocenters. The average molecular weight is 580 g/mol. The van der Waals surface area contributed by atoms with E-state index in [1.165, 1.54) is 44.9 Å². The van der Waals surface area contributed by atoms with E-state index in [1.54, 1.807) is 5.48 Å². The molecule has 7 nitrogen and oxygen atoms in total. The minimum absolute atomic E-state index is 0.130. The van der Waals surface area contributed by atoms with Crippen molar-refractivity contribution in [2.75, 3.05) is 0 Å². The maximum atomic E-state index is 13.8. The number of amides is 3. The van der Waals surface area contributed by atoms with E-state index in [1.807, 2.05) is 81.4 Å². The second-order valence-corrected chi connectivity index (χ2v) is 12.5. The Balaban J connectivity index is 2.05. The maximum Gasteiger partial charge on any atom is 0.244 e. The second-order valence-electron chi connectivity index (χ2n) is 12.5. The Bertz CT molecular complexity index is 1010. The summed E-state index contributed by atoms with van der Waals surface area (Å²) < 4.78 is 0. The van der Waals surface area contributed by atoms with E-state index in [-0.39, 0.29) is 24.3 Å². The zero-order valence-corrected chi connectivity index (χ0v) is 26.2. The van der Waals surface area contributed by atoms with Crippen molar-refractivity contribution >= 4 is 17.7 Å². The van der Waals surface area contributed by atoms with E-state index in [2.05, 4.69) is 17.6 Å². The van der Waals surface area contributed by atoms with Crippen LogP contribution in [0.5, 0.6) is 0 Å². The molecule has 0 saturated heterocycles. The summed E-state index contributed by atoms with van der Waals surface area (Å²) in [7, 11) is 0. The summed E-state index contributed by atoms with van der Waals surface area (Å²) in [5.74, 6) is -1.88. The Kier molecular flexibility index (Phi) is 15.9. The first-order valence-electron chi connectivity index (χ1n) is 15.8. The largest absolute Gasteiger partial charge is 0.344 e. The monoisotopic (exact) mass is 579 g/mol. The van der Waals surface area contributed by atoms with E-state index >= 15 is 0 Å². The molecule has 2 aromatic carbocycles. The van der Waals surface area contributed by atoms with Crippen LogP contribution in [0.2, 0.25) is 0 Å².